The van der Waals surface area contributed by atoms with Gasteiger partial charge in [0.2, 0.25) is 0 Å². The van der Waals surface area contributed by atoms with Gasteiger partial charge in [0.05, 0.1) is 5.60 Å². The summed E-state index contributed by atoms with van der Waals surface area (Å²) >= 11 is 0. The van der Waals surface area contributed by atoms with Gasteiger partial charge >= 0.3 is 0 Å². The predicted octanol–water partition coefficient (Wildman–Crippen LogP) is 3.81. The Hall–Kier alpha value is -0.120. The van der Waals surface area contributed by atoms with E-state index in [2.05, 4.69) is 5.32 Å². The van der Waals surface area contributed by atoms with Gasteiger partial charge in [0.1, 0.15) is 0 Å². The van der Waals surface area contributed by atoms with Crippen LogP contribution in [0.15, 0.2) is 0 Å². The Morgan fingerprint density at radius 1 is 0.850 bits per heavy atom. The average molecular weight is 290 g/mol. The predicted molar refractivity (Wildman–Crippen MR) is 89.3 cm³/mol. The Kier molecular flexibility index (Phi) is 14.0. The summed E-state index contributed by atoms with van der Waals surface area (Å²) in [5.74, 6) is 2.07. The second kappa shape index (κ2) is 12.6. The highest BCUT2D eigenvalue weighted by Gasteiger charge is 2.26. The lowest BCUT2D eigenvalue weighted by Crippen LogP contribution is -2.15. The third-order valence-corrected chi connectivity index (χ3v) is 3.99. The largest absolute Gasteiger partial charge is 0.412 e. The molecule has 1 aliphatic heterocycles. The first-order valence-corrected chi connectivity index (χ1v) is 8.29. The van der Waals surface area contributed by atoms with Gasteiger partial charge in [0.15, 0.2) is 0 Å². The van der Waals surface area contributed by atoms with E-state index in [1.807, 2.05) is 34.6 Å². The highest BCUT2D eigenvalue weighted by molar-refractivity contribution is 4.81. The molecular formula is C17H39NO2. The van der Waals surface area contributed by atoms with Crippen molar-refractivity contribution in [2.45, 2.75) is 78.7 Å². The molecule has 2 fully saturated rings. The van der Waals surface area contributed by atoms with Gasteiger partial charge in [-0.2, -0.15) is 0 Å². The first-order valence-electron chi connectivity index (χ1n) is 8.29. The lowest BCUT2D eigenvalue weighted by Gasteiger charge is -2.20. The first-order chi connectivity index (χ1) is 9.03. The zero-order chi connectivity index (χ0) is 14.7. The van der Waals surface area contributed by atoms with E-state index in [1.165, 1.54) is 51.6 Å². The molecule has 0 aromatic heterocycles. The van der Waals surface area contributed by atoms with Crippen molar-refractivity contribution in [2.75, 3.05) is 20.2 Å². The van der Waals surface area contributed by atoms with E-state index in [-0.39, 0.29) is 11.1 Å². The zero-order valence-electron chi connectivity index (χ0n) is 14.7. The van der Waals surface area contributed by atoms with E-state index in [0.717, 1.165) is 11.8 Å². The normalized spacial score (nSPS) is 25.5. The summed E-state index contributed by atoms with van der Waals surface area (Å²) in [6.07, 6.45) is 8.95. The lowest BCUT2D eigenvalue weighted by atomic mass is 9.84. The molecule has 1 saturated carbocycles. The number of hydrogen-bond donors (Lipinski definition) is 1. The van der Waals surface area contributed by atoms with Crippen molar-refractivity contribution >= 4 is 0 Å². The quantitative estimate of drug-likeness (QED) is 0.737. The number of fused-ring (bicyclic) bond motifs is 1. The molecule has 20 heavy (non-hydrogen) atoms. The van der Waals surface area contributed by atoms with Gasteiger partial charge in [-0.25, -0.2) is 0 Å². The van der Waals surface area contributed by atoms with Gasteiger partial charge < -0.3 is 15.5 Å². The van der Waals surface area contributed by atoms with E-state index < -0.39 is 0 Å². The number of rotatable bonds is 0. The molecule has 2 aliphatic rings. The third-order valence-electron chi connectivity index (χ3n) is 3.99. The van der Waals surface area contributed by atoms with Gasteiger partial charge in [0, 0.05) is 7.11 Å². The highest BCUT2D eigenvalue weighted by Crippen LogP contribution is 2.29. The monoisotopic (exact) mass is 289 g/mol. The van der Waals surface area contributed by atoms with Crippen molar-refractivity contribution in [3.8, 4) is 0 Å². The minimum absolute atomic E-state index is 0. The van der Waals surface area contributed by atoms with Crippen LogP contribution in [0.2, 0.25) is 0 Å². The van der Waals surface area contributed by atoms with Crippen LogP contribution in [0.25, 0.3) is 0 Å². The van der Waals surface area contributed by atoms with Gasteiger partial charge in [-0.05, 0) is 58.5 Å². The van der Waals surface area contributed by atoms with Crippen molar-refractivity contribution in [1.29, 1.82) is 0 Å². The smallest absolute Gasteiger partial charge is 0.0594 e. The fourth-order valence-corrected chi connectivity index (χ4v) is 2.63. The molecule has 3 nitrogen and oxygen atoms in total. The van der Waals surface area contributed by atoms with Gasteiger partial charge in [0.25, 0.3) is 0 Å². The summed E-state index contributed by atoms with van der Waals surface area (Å²) in [6.45, 7) is 12.7. The summed E-state index contributed by atoms with van der Waals surface area (Å²) in [4.78, 5) is 0. The summed E-state index contributed by atoms with van der Waals surface area (Å²) in [5, 5.41) is 3.52. The zero-order valence-corrected chi connectivity index (χ0v) is 14.7. The molecule has 1 saturated heterocycles. The van der Waals surface area contributed by atoms with E-state index in [4.69, 9.17) is 4.74 Å². The molecule has 2 atom stereocenters. The Morgan fingerprint density at radius 2 is 1.20 bits per heavy atom. The summed E-state index contributed by atoms with van der Waals surface area (Å²) < 4.78 is 4.94. The summed E-state index contributed by atoms with van der Waals surface area (Å²) in [5.41, 5.74) is 0.0417. The number of nitrogens with one attached hydrogen (secondary N) is 1. The fraction of sp³-hybridized carbons (Fsp3) is 1.00. The van der Waals surface area contributed by atoms with Crippen LogP contribution in [0.5, 0.6) is 0 Å². The third kappa shape index (κ3) is 10.6. The Morgan fingerprint density at radius 3 is 1.50 bits per heavy atom. The standard InChI is InChI=1S/C10H19N.C5H12O.C2H6.H2O/c1-2-4-6-10-8-11-7-9(10)5-3-1;1-5(2,3)6-4;1-2;/h9-11H,1-8H2;1-4H3;1-2H3;1H2. The van der Waals surface area contributed by atoms with E-state index in [0.29, 0.717) is 0 Å². The molecule has 0 aromatic carbocycles. The number of ether oxygens (including phenoxy) is 1. The first kappa shape index (κ1) is 22.2. The van der Waals surface area contributed by atoms with E-state index >= 15 is 0 Å². The molecule has 2 unspecified atom stereocenters. The highest BCUT2D eigenvalue weighted by atomic mass is 16.5. The van der Waals surface area contributed by atoms with Crippen LogP contribution < -0.4 is 5.32 Å². The molecule has 1 aliphatic carbocycles. The minimum Gasteiger partial charge on any atom is -0.412 e. The van der Waals surface area contributed by atoms with Crippen molar-refractivity contribution in [2.24, 2.45) is 11.8 Å². The molecule has 2 rings (SSSR count). The molecular weight excluding hydrogens is 250 g/mol. The maximum absolute atomic E-state index is 4.94. The maximum atomic E-state index is 4.94. The molecule has 0 radical (unpaired) electrons. The topological polar surface area (TPSA) is 52.8 Å². The average Bonchev–Trinajstić information content (AvgIpc) is 2.78. The van der Waals surface area contributed by atoms with Crippen molar-refractivity contribution in [3.63, 3.8) is 0 Å². The van der Waals surface area contributed by atoms with Crippen LogP contribution in [0.1, 0.15) is 73.1 Å². The van der Waals surface area contributed by atoms with Crippen LogP contribution in [0.4, 0.5) is 0 Å². The van der Waals surface area contributed by atoms with Crippen LogP contribution in [-0.2, 0) is 4.74 Å². The van der Waals surface area contributed by atoms with Gasteiger partial charge in [-0.1, -0.05) is 39.5 Å². The van der Waals surface area contributed by atoms with Crippen LogP contribution in [0.3, 0.4) is 0 Å². The van der Waals surface area contributed by atoms with Crippen LogP contribution in [-0.4, -0.2) is 31.3 Å². The molecule has 1 heterocycles. The lowest BCUT2D eigenvalue weighted by molar-refractivity contribution is 0.0397. The summed E-state index contributed by atoms with van der Waals surface area (Å²) in [7, 11) is 1.71. The molecule has 124 valence electrons. The van der Waals surface area contributed by atoms with Crippen LogP contribution >= 0.6 is 0 Å². The Bertz CT molecular complexity index is 188. The maximum Gasteiger partial charge on any atom is 0.0594 e. The summed E-state index contributed by atoms with van der Waals surface area (Å²) in [6, 6.07) is 0. The number of methoxy groups -OCH3 is 1. The van der Waals surface area contributed by atoms with Gasteiger partial charge in [-0.15, -0.1) is 0 Å². The molecule has 0 bridgehead atoms. The SMILES string of the molecule is C1CCCC2CNCC2CC1.CC.COC(C)(C)C.O. The van der Waals surface area contributed by atoms with E-state index in [9.17, 15) is 0 Å². The van der Waals surface area contributed by atoms with Crippen molar-refractivity contribution in [1.82, 2.24) is 5.32 Å². The minimum atomic E-state index is 0. The molecule has 3 heteroatoms. The van der Waals surface area contributed by atoms with Gasteiger partial charge in [-0.3, -0.25) is 0 Å². The fourth-order valence-electron chi connectivity index (χ4n) is 2.63. The molecule has 0 amide bonds. The second-order valence-electron chi connectivity index (χ2n) is 6.49. The van der Waals surface area contributed by atoms with Crippen LogP contribution in [0, 0.1) is 11.8 Å². The second-order valence-corrected chi connectivity index (χ2v) is 6.49. The molecule has 0 spiro atoms. The van der Waals surface area contributed by atoms with E-state index in [1.54, 1.807) is 7.11 Å². The molecule has 3 N–H and O–H groups in total. The Labute approximate surface area is 127 Å². The van der Waals surface area contributed by atoms with Crippen molar-refractivity contribution in [3.05, 3.63) is 0 Å². The molecule has 0 aromatic rings. The Balaban J connectivity index is 0. The number of hydrogen-bond acceptors (Lipinski definition) is 2. The van der Waals surface area contributed by atoms with Crippen molar-refractivity contribution < 1.29 is 10.2 Å².